The van der Waals surface area contributed by atoms with Gasteiger partial charge in [0.25, 0.3) is 0 Å². The smallest absolute Gasteiger partial charge is 0.406 e. The van der Waals surface area contributed by atoms with Crippen molar-refractivity contribution in [3.63, 3.8) is 0 Å². The third kappa shape index (κ3) is 4.35. The van der Waals surface area contributed by atoms with E-state index in [1.807, 2.05) is 0 Å². The third-order valence-electron chi connectivity index (χ3n) is 1.46. The van der Waals surface area contributed by atoms with E-state index in [1.165, 1.54) is 18.2 Å². The highest BCUT2D eigenvalue weighted by Gasteiger charge is 2.31. The summed E-state index contributed by atoms with van der Waals surface area (Å²) in [6, 6.07) is 5.28. The minimum absolute atomic E-state index is 0.0372. The van der Waals surface area contributed by atoms with Gasteiger partial charge in [-0.1, -0.05) is 6.07 Å². The molecule has 0 fully saturated rings. The van der Waals surface area contributed by atoms with E-state index in [9.17, 15) is 18.0 Å². The van der Waals surface area contributed by atoms with Crippen molar-refractivity contribution in [1.82, 2.24) is 0 Å². The van der Waals surface area contributed by atoms with Gasteiger partial charge in [0.05, 0.1) is 6.54 Å². The Morgan fingerprint density at radius 1 is 1.40 bits per heavy atom. The predicted molar refractivity (Wildman–Crippen MR) is 47.7 cm³/mol. The molecule has 0 aliphatic rings. The summed E-state index contributed by atoms with van der Waals surface area (Å²) in [6.45, 7) is 0.0372. The molecule has 1 rings (SSSR count). The molecule has 0 unspecified atom stereocenters. The maximum Gasteiger partial charge on any atom is 0.573 e. The van der Waals surface area contributed by atoms with Gasteiger partial charge >= 0.3 is 6.36 Å². The van der Waals surface area contributed by atoms with Crippen LogP contribution in [0.1, 0.15) is 0 Å². The van der Waals surface area contributed by atoms with Crippen LogP contribution in [0.2, 0.25) is 0 Å². The number of halogens is 3. The van der Waals surface area contributed by atoms with Crippen molar-refractivity contribution in [3.05, 3.63) is 24.3 Å². The number of ether oxygens (including phenoxy) is 1. The van der Waals surface area contributed by atoms with Crippen molar-refractivity contribution >= 4 is 12.0 Å². The minimum Gasteiger partial charge on any atom is -0.406 e. The summed E-state index contributed by atoms with van der Waals surface area (Å²) < 4.78 is 39.2. The van der Waals surface area contributed by atoms with Gasteiger partial charge in [-0.05, 0) is 12.1 Å². The van der Waals surface area contributed by atoms with E-state index in [2.05, 4.69) is 10.1 Å². The molecule has 1 aromatic carbocycles. The summed E-state index contributed by atoms with van der Waals surface area (Å²) in [6.07, 6.45) is -4.10. The number of aldehydes is 1. The highest BCUT2D eigenvalue weighted by Crippen LogP contribution is 2.24. The molecule has 0 spiro atoms. The normalized spacial score (nSPS) is 10.9. The Morgan fingerprint density at radius 2 is 2.13 bits per heavy atom. The van der Waals surface area contributed by atoms with Gasteiger partial charge in [0.1, 0.15) is 12.0 Å². The lowest BCUT2D eigenvalue weighted by Gasteiger charge is -2.10. The predicted octanol–water partition coefficient (Wildman–Crippen LogP) is 2.20. The molecule has 0 amide bonds. The second-order valence-electron chi connectivity index (χ2n) is 2.62. The molecular weight excluding hydrogens is 211 g/mol. The van der Waals surface area contributed by atoms with Crippen LogP contribution in [0.25, 0.3) is 0 Å². The number of carbonyl (C=O) groups is 1. The van der Waals surface area contributed by atoms with Crippen LogP contribution in [-0.4, -0.2) is 19.2 Å². The number of carbonyl (C=O) groups excluding carboxylic acids is 1. The molecule has 82 valence electrons. The molecule has 0 radical (unpaired) electrons. The number of benzene rings is 1. The van der Waals surface area contributed by atoms with Gasteiger partial charge in [-0.2, -0.15) is 0 Å². The second kappa shape index (κ2) is 4.68. The van der Waals surface area contributed by atoms with Crippen LogP contribution in [0.4, 0.5) is 18.9 Å². The summed E-state index contributed by atoms with van der Waals surface area (Å²) in [5.41, 5.74) is 0.392. The fraction of sp³-hybridized carbons (Fsp3) is 0.222. The lowest BCUT2D eigenvalue weighted by Crippen LogP contribution is -2.17. The molecule has 0 saturated carbocycles. The number of hydrogen-bond donors (Lipinski definition) is 1. The Bertz CT molecular complexity index is 338. The highest BCUT2D eigenvalue weighted by atomic mass is 19.4. The fourth-order valence-electron chi connectivity index (χ4n) is 0.963. The van der Waals surface area contributed by atoms with E-state index in [1.54, 1.807) is 0 Å². The second-order valence-corrected chi connectivity index (χ2v) is 2.62. The highest BCUT2D eigenvalue weighted by molar-refractivity contribution is 5.60. The van der Waals surface area contributed by atoms with Gasteiger partial charge < -0.3 is 14.8 Å². The average Bonchev–Trinajstić information content (AvgIpc) is 2.12. The van der Waals surface area contributed by atoms with Crippen LogP contribution in [0, 0.1) is 0 Å². The summed E-state index contributed by atoms with van der Waals surface area (Å²) in [4.78, 5) is 10.0. The van der Waals surface area contributed by atoms with Crippen molar-refractivity contribution in [2.45, 2.75) is 6.36 Å². The molecule has 15 heavy (non-hydrogen) atoms. The van der Waals surface area contributed by atoms with Gasteiger partial charge in [0.15, 0.2) is 0 Å². The molecule has 6 heteroatoms. The Labute approximate surface area is 83.8 Å². The number of hydrogen-bond acceptors (Lipinski definition) is 3. The summed E-state index contributed by atoms with van der Waals surface area (Å²) in [5.74, 6) is -0.321. The average molecular weight is 219 g/mol. The summed E-state index contributed by atoms with van der Waals surface area (Å²) >= 11 is 0. The monoisotopic (exact) mass is 219 g/mol. The Hall–Kier alpha value is -1.72. The standard InChI is InChI=1S/C9H8F3NO2/c10-9(11,12)15-8-3-1-2-7(6-8)13-4-5-14/h1-3,5-6,13H,4H2. The number of rotatable bonds is 4. The lowest BCUT2D eigenvalue weighted by atomic mass is 10.3. The Morgan fingerprint density at radius 3 is 2.73 bits per heavy atom. The van der Waals surface area contributed by atoms with Crippen molar-refractivity contribution in [2.24, 2.45) is 0 Å². The van der Waals surface area contributed by atoms with Crippen molar-refractivity contribution in [1.29, 1.82) is 0 Å². The van der Waals surface area contributed by atoms with Gasteiger partial charge in [0, 0.05) is 11.8 Å². The fourth-order valence-corrected chi connectivity index (χ4v) is 0.963. The molecule has 0 heterocycles. The molecule has 0 aliphatic heterocycles. The molecule has 0 saturated heterocycles. The zero-order chi connectivity index (χ0) is 11.3. The number of nitrogens with one attached hydrogen (secondary N) is 1. The topological polar surface area (TPSA) is 38.3 Å². The first-order chi connectivity index (χ1) is 7.01. The van der Waals surface area contributed by atoms with E-state index >= 15 is 0 Å². The molecule has 3 nitrogen and oxygen atoms in total. The first-order valence-electron chi connectivity index (χ1n) is 4.04. The molecule has 0 aromatic heterocycles. The first kappa shape index (κ1) is 11.4. The maximum absolute atomic E-state index is 11.8. The zero-order valence-corrected chi connectivity index (χ0v) is 7.54. The first-order valence-corrected chi connectivity index (χ1v) is 4.04. The molecule has 0 atom stereocenters. The Balaban J connectivity index is 2.69. The Kier molecular flexibility index (Phi) is 3.54. The quantitative estimate of drug-likeness (QED) is 0.789. The van der Waals surface area contributed by atoms with Gasteiger partial charge in [-0.15, -0.1) is 13.2 Å². The number of anilines is 1. The van der Waals surface area contributed by atoms with E-state index < -0.39 is 6.36 Å². The van der Waals surface area contributed by atoms with Crippen molar-refractivity contribution in [3.8, 4) is 5.75 Å². The van der Waals surface area contributed by atoms with Crippen LogP contribution >= 0.6 is 0 Å². The molecule has 0 aliphatic carbocycles. The van der Waals surface area contributed by atoms with Gasteiger partial charge in [-0.3, -0.25) is 0 Å². The van der Waals surface area contributed by atoms with Crippen LogP contribution in [0.3, 0.4) is 0 Å². The SMILES string of the molecule is O=CCNc1cccc(OC(F)(F)F)c1. The minimum atomic E-state index is -4.71. The van der Waals surface area contributed by atoms with E-state index in [4.69, 9.17) is 0 Å². The van der Waals surface area contributed by atoms with E-state index in [0.717, 1.165) is 6.07 Å². The number of alkyl halides is 3. The van der Waals surface area contributed by atoms with Gasteiger partial charge in [-0.25, -0.2) is 0 Å². The molecular formula is C9H8F3NO2. The summed E-state index contributed by atoms with van der Waals surface area (Å²) in [5, 5.41) is 2.61. The molecule has 1 aromatic rings. The van der Waals surface area contributed by atoms with Crippen LogP contribution in [0.15, 0.2) is 24.3 Å². The zero-order valence-electron chi connectivity index (χ0n) is 7.54. The van der Waals surface area contributed by atoms with E-state index in [0.29, 0.717) is 12.0 Å². The van der Waals surface area contributed by atoms with Crippen molar-refractivity contribution in [2.75, 3.05) is 11.9 Å². The largest absolute Gasteiger partial charge is 0.573 e. The lowest BCUT2D eigenvalue weighted by molar-refractivity contribution is -0.274. The van der Waals surface area contributed by atoms with Gasteiger partial charge in [0.2, 0.25) is 0 Å². The molecule has 1 N–H and O–H groups in total. The summed E-state index contributed by atoms with van der Waals surface area (Å²) in [7, 11) is 0. The van der Waals surface area contributed by atoms with Crippen LogP contribution in [-0.2, 0) is 4.79 Å². The van der Waals surface area contributed by atoms with Crippen LogP contribution < -0.4 is 10.1 Å². The maximum atomic E-state index is 11.8. The van der Waals surface area contributed by atoms with Crippen LogP contribution in [0.5, 0.6) is 5.75 Å². The third-order valence-corrected chi connectivity index (χ3v) is 1.46. The van der Waals surface area contributed by atoms with E-state index in [-0.39, 0.29) is 12.3 Å². The van der Waals surface area contributed by atoms with Crippen molar-refractivity contribution < 1.29 is 22.7 Å². The molecule has 0 bridgehead atoms.